The van der Waals surface area contributed by atoms with Gasteiger partial charge >= 0.3 is 0 Å². The highest BCUT2D eigenvalue weighted by atomic mass is 32.2. The summed E-state index contributed by atoms with van der Waals surface area (Å²) in [5, 5.41) is 2.76. The highest BCUT2D eigenvalue weighted by Gasteiger charge is 2.07. The molecule has 1 aromatic heterocycles. The van der Waals surface area contributed by atoms with Crippen molar-refractivity contribution in [1.82, 2.24) is 9.97 Å². The lowest BCUT2D eigenvalue weighted by atomic mass is 10.4. The van der Waals surface area contributed by atoms with E-state index in [4.69, 9.17) is 0 Å². The average Bonchev–Trinajstić information content (AvgIpc) is 2.56. The maximum atomic E-state index is 4.59. The zero-order valence-electron chi connectivity index (χ0n) is 12.0. The van der Waals surface area contributed by atoms with Crippen molar-refractivity contribution >= 4 is 35.3 Å². The number of thioether (sulfide) groups is 1. The van der Waals surface area contributed by atoms with Gasteiger partial charge in [-0.05, 0) is 30.5 Å². The molecular formula is C17H14N2S3. The maximum absolute atomic E-state index is 4.59. The van der Waals surface area contributed by atoms with E-state index in [-0.39, 0.29) is 0 Å². The number of benzene rings is 2. The van der Waals surface area contributed by atoms with Crippen molar-refractivity contribution < 1.29 is 0 Å². The lowest BCUT2D eigenvalue weighted by Crippen LogP contribution is -1.91. The van der Waals surface area contributed by atoms with Crippen LogP contribution in [-0.2, 0) is 0 Å². The molecule has 0 aliphatic heterocycles. The minimum atomic E-state index is 0.805. The average molecular weight is 343 g/mol. The molecule has 0 radical (unpaired) electrons. The Kier molecular flexibility index (Phi) is 5.43. The van der Waals surface area contributed by atoms with E-state index in [2.05, 4.69) is 40.3 Å². The van der Waals surface area contributed by atoms with Gasteiger partial charge in [0.2, 0.25) is 0 Å². The Hall–Kier alpha value is -1.43. The lowest BCUT2D eigenvalue weighted by Gasteiger charge is -2.06. The summed E-state index contributed by atoms with van der Waals surface area (Å²) >= 11 is 4.90. The zero-order valence-corrected chi connectivity index (χ0v) is 14.4. The van der Waals surface area contributed by atoms with Gasteiger partial charge in [0.25, 0.3) is 0 Å². The Morgan fingerprint density at radius 3 is 1.55 bits per heavy atom. The largest absolute Gasteiger partial charge is 0.216 e. The van der Waals surface area contributed by atoms with Crippen LogP contribution in [0.15, 0.2) is 91.7 Å². The first kappa shape index (κ1) is 15.5. The first-order chi connectivity index (χ1) is 10.8. The molecule has 110 valence electrons. The van der Waals surface area contributed by atoms with E-state index in [1.807, 2.05) is 42.7 Å². The molecule has 2 aromatic carbocycles. The predicted molar refractivity (Wildman–Crippen MR) is 94.9 cm³/mol. The number of hydrogen-bond acceptors (Lipinski definition) is 5. The summed E-state index contributed by atoms with van der Waals surface area (Å²) in [5.41, 5.74) is 0. The lowest BCUT2D eigenvalue weighted by molar-refractivity contribution is 0.830. The molecule has 0 saturated heterocycles. The van der Waals surface area contributed by atoms with Crippen LogP contribution < -0.4 is 0 Å². The van der Waals surface area contributed by atoms with Crippen LogP contribution in [0.25, 0.3) is 0 Å². The molecule has 0 atom stereocenters. The topological polar surface area (TPSA) is 25.8 Å². The van der Waals surface area contributed by atoms with E-state index >= 15 is 0 Å². The van der Waals surface area contributed by atoms with Crippen molar-refractivity contribution in [3.63, 3.8) is 0 Å². The first-order valence-electron chi connectivity index (χ1n) is 6.72. The van der Waals surface area contributed by atoms with E-state index < -0.39 is 0 Å². The molecule has 2 nitrogen and oxygen atoms in total. The number of rotatable bonds is 5. The van der Waals surface area contributed by atoms with Gasteiger partial charge in [-0.25, -0.2) is 9.97 Å². The normalized spacial score (nSPS) is 10.6. The number of aromatic nitrogens is 2. The second-order valence-electron chi connectivity index (χ2n) is 4.36. The molecule has 5 heteroatoms. The third-order valence-electron chi connectivity index (χ3n) is 2.77. The number of nitrogens with zero attached hydrogens (tertiary/aromatic N) is 2. The van der Waals surface area contributed by atoms with Crippen LogP contribution in [0.4, 0.5) is 0 Å². The summed E-state index contributed by atoms with van der Waals surface area (Å²) in [6.45, 7) is 0. The molecular weight excluding hydrogens is 328 g/mol. The van der Waals surface area contributed by atoms with E-state index in [1.54, 1.807) is 35.3 Å². The minimum absolute atomic E-state index is 0.805. The van der Waals surface area contributed by atoms with Crippen LogP contribution in [0.2, 0.25) is 0 Å². The summed E-state index contributed by atoms with van der Waals surface area (Å²) in [7, 11) is 0. The van der Waals surface area contributed by atoms with Crippen molar-refractivity contribution in [3.05, 3.63) is 66.7 Å². The smallest absolute Gasteiger partial charge is 0.189 e. The molecule has 22 heavy (non-hydrogen) atoms. The first-order valence-corrected chi connectivity index (χ1v) is 9.58. The molecule has 0 unspecified atom stereocenters. The summed E-state index contributed by atoms with van der Waals surface area (Å²) in [6, 6.07) is 22.6. The van der Waals surface area contributed by atoms with Gasteiger partial charge in [0.15, 0.2) is 5.16 Å². The molecule has 0 aliphatic rings. The van der Waals surface area contributed by atoms with Crippen molar-refractivity contribution in [1.29, 1.82) is 0 Å². The van der Waals surface area contributed by atoms with E-state index in [0.717, 1.165) is 15.2 Å². The Bertz CT molecular complexity index is 674. The van der Waals surface area contributed by atoms with Crippen LogP contribution in [-0.4, -0.2) is 16.2 Å². The third-order valence-corrected chi connectivity index (χ3v) is 5.17. The molecule has 3 rings (SSSR count). The SMILES string of the molecule is CSc1nc(Sc2ccccc2)cc(Sc2ccccc2)n1. The van der Waals surface area contributed by atoms with Crippen LogP contribution in [0, 0.1) is 0 Å². The van der Waals surface area contributed by atoms with Gasteiger partial charge in [-0.15, -0.1) is 0 Å². The molecule has 0 bridgehead atoms. The Balaban J connectivity index is 1.86. The van der Waals surface area contributed by atoms with Crippen molar-refractivity contribution in [2.75, 3.05) is 6.26 Å². The molecule has 0 spiro atoms. The standard InChI is InChI=1S/C17H14N2S3/c1-20-17-18-15(21-13-8-4-2-5-9-13)12-16(19-17)22-14-10-6-3-7-11-14/h2-12H,1H3. The Morgan fingerprint density at radius 2 is 1.14 bits per heavy atom. The van der Waals surface area contributed by atoms with Crippen molar-refractivity contribution in [2.24, 2.45) is 0 Å². The Labute approximate surface area is 143 Å². The van der Waals surface area contributed by atoms with Gasteiger partial charge in [-0.1, -0.05) is 71.7 Å². The quantitative estimate of drug-likeness (QED) is 0.346. The molecule has 3 aromatic rings. The highest BCUT2D eigenvalue weighted by molar-refractivity contribution is 8.00. The van der Waals surface area contributed by atoms with Crippen LogP contribution in [0.1, 0.15) is 0 Å². The number of hydrogen-bond donors (Lipinski definition) is 0. The molecule has 1 heterocycles. The molecule has 0 N–H and O–H groups in total. The summed E-state index contributed by atoms with van der Waals surface area (Å²) < 4.78 is 0. The third kappa shape index (κ3) is 4.29. The van der Waals surface area contributed by atoms with Gasteiger partial charge < -0.3 is 0 Å². The van der Waals surface area contributed by atoms with Gasteiger partial charge in [0.1, 0.15) is 10.1 Å². The predicted octanol–water partition coefficient (Wildman–Crippen LogP) is 5.50. The fourth-order valence-electron chi connectivity index (χ4n) is 1.80. The molecule has 0 fully saturated rings. The summed E-state index contributed by atoms with van der Waals surface area (Å²) in [5.74, 6) is 0. The molecule has 0 aliphatic carbocycles. The zero-order chi connectivity index (χ0) is 15.2. The highest BCUT2D eigenvalue weighted by Crippen LogP contribution is 2.32. The van der Waals surface area contributed by atoms with Gasteiger partial charge in [0.05, 0.1) is 0 Å². The second-order valence-corrected chi connectivity index (χ2v) is 7.32. The summed E-state index contributed by atoms with van der Waals surface area (Å²) in [4.78, 5) is 11.5. The minimum Gasteiger partial charge on any atom is -0.216 e. The molecule has 0 saturated carbocycles. The van der Waals surface area contributed by atoms with Crippen LogP contribution in [0.3, 0.4) is 0 Å². The maximum Gasteiger partial charge on any atom is 0.189 e. The summed E-state index contributed by atoms with van der Waals surface area (Å²) in [6.07, 6.45) is 2.00. The molecule has 0 amide bonds. The van der Waals surface area contributed by atoms with E-state index in [9.17, 15) is 0 Å². The monoisotopic (exact) mass is 342 g/mol. The van der Waals surface area contributed by atoms with Gasteiger partial charge in [-0.2, -0.15) is 0 Å². The van der Waals surface area contributed by atoms with Crippen LogP contribution in [0.5, 0.6) is 0 Å². The van der Waals surface area contributed by atoms with E-state index in [0.29, 0.717) is 0 Å². The Morgan fingerprint density at radius 1 is 0.682 bits per heavy atom. The van der Waals surface area contributed by atoms with Crippen molar-refractivity contribution in [3.8, 4) is 0 Å². The van der Waals surface area contributed by atoms with Gasteiger partial charge in [-0.3, -0.25) is 0 Å². The van der Waals surface area contributed by atoms with Gasteiger partial charge in [0, 0.05) is 15.9 Å². The fraction of sp³-hybridized carbons (Fsp3) is 0.0588. The second kappa shape index (κ2) is 7.72. The van der Waals surface area contributed by atoms with Crippen molar-refractivity contribution in [2.45, 2.75) is 25.0 Å². The fourth-order valence-corrected chi connectivity index (χ4v) is 4.04. The van der Waals surface area contributed by atoms with Crippen LogP contribution >= 0.6 is 35.3 Å². The van der Waals surface area contributed by atoms with E-state index in [1.165, 1.54) is 9.79 Å².